The lowest BCUT2D eigenvalue weighted by Crippen LogP contribution is -2.48. The van der Waals surface area contributed by atoms with Gasteiger partial charge < -0.3 is 4.74 Å². The van der Waals surface area contributed by atoms with E-state index in [-0.39, 0.29) is 0 Å². The van der Waals surface area contributed by atoms with Crippen LogP contribution in [-0.4, -0.2) is 23.2 Å². The molecule has 1 heterocycles. The topological polar surface area (TPSA) is 9.23 Å². The first-order valence-corrected chi connectivity index (χ1v) is 9.79. The van der Waals surface area contributed by atoms with Gasteiger partial charge in [-0.1, -0.05) is 31.6 Å². The van der Waals surface area contributed by atoms with Crippen molar-refractivity contribution in [2.45, 2.75) is 70.3 Å². The highest BCUT2D eigenvalue weighted by Crippen LogP contribution is 2.59. The summed E-state index contributed by atoms with van der Waals surface area (Å²) < 4.78 is 6.49. The molecule has 124 valence electrons. The maximum Gasteiger partial charge on any atom is 0.0683 e. The van der Waals surface area contributed by atoms with Gasteiger partial charge in [-0.2, -0.15) is 0 Å². The molecule has 1 saturated heterocycles. The number of rotatable bonds is 7. The van der Waals surface area contributed by atoms with Crippen LogP contribution in [0.15, 0.2) is 23.3 Å². The molecule has 0 radical (unpaired) electrons. The smallest absolute Gasteiger partial charge is 0.0683 e. The Morgan fingerprint density at radius 1 is 1.36 bits per heavy atom. The molecule has 3 aliphatic carbocycles. The molecule has 2 bridgehead atoms. The van der Waals surface area contributed by atoms with Crippen LogP contribution >= 0.6 is 11.8 Å². The van der Waals surface area contributed by atoms with E-state index in [0.29, 0.717) is 10.2 Å². The van der Waals surface area contributed by atoms with Gasteiger partial charge in [0, 0.05) is 10.00 Å². The van der Waals surface area contributed by atoms with Crippen LogP contribution in [0.25, 0.3) is 0 Å². The zero-order chi connectivity index (χ0) is 16.0. The van der Waals surface area contributed by atoms with E-state index in [9.17, 15) is 0 Å². The van der Waals surface area contributed by atoms with E-state index in [4.69, 9.17) is 4.74 Å². The predicted octanol–water partition coefficient (Wildman–Crippen LogP) is 5.62. The van der Waals surface area contributed by atoms with Crippen molar-refractivity contribution < 1.29 is 4.74 Å². The van der Waals surface area contributed by atoms with Gasteiger partial charge in [0.2, 0.25) is 0 Å². The van der Waals surface area contributed by atoms with Crippen LogP contribution in [0.4, 0.5) is 0 Å². The van der Waals surface area contributed by atoms with Gasteiger partial charge >= 0.3 is 0 Å². The maximum atomic E-state index is 5.95. The summed E-state index contributed by atoms with van der Waals surface area (Å²) in [6.07, 6.45) is 9.95. The van der Waals surface area contributed by atoms with Crippen LogP contribution in [0.3, 0.4) is 0 Å². The molecule has 22 heavy (non-hydrogen) atoms. The molecule has 1 saturated carbocycles. The maximum absolute atomic E-state index is 5.95. The van der Waals surface area contributed by atoms with Crippen LogP contribution in [0.1, 0.15) is 60.3 Å². The summed E-state index contributed by atoms with van der Waals surface area (Å²) in [5.41, 5.74) is 3.58. The van der Waals surface area contributed by atoms with Crippen molar-refractivity contribution >= 4 is 11.8 Å². The Hall–Kier alpha value is -0.210. The van der Waals surface area contributed by atoms with Gasteiger partial charge in [0.05, 0.1) is 13.2 Å². The molecule has 4 rings (SSSR count). The van der Waals surface area contributed by atoms with Crippen LogP contribution < -0.4 is 0 Å². The lowest BCUT2D eigenvalue weighted by molar-refractivity contribution is -0.0161. The predicted molar refractivity (Wildman–Crippen MR) is 97.3 cm³/mol. The third kappa shape index (κ3) is 3.33. The number of hydrogen-bond donors (Lipinski definition) is 0. The Morgan fingerprint density at radius 3 is 2.68 bits per heavy atom. The van der Waals surface area contributed by atoms with Crippen molar-refractivity contribution in [1.82, 2.24) is 0 Å². The van der Waals surface area contributed by atoms with E-state index in [1.807, 2.05) is 0 Å². The van der Waals surface area contributed by atoms with E-state index in [1.165, 1.54) is 31.3 Å². The quantitative estimate of drug-likeness (QED) is 0.342. The fraction of sp³-hybridized carbons (Fsp3) is 0.800. The normalized spacial score (nSPS) is 34.9. The van der Waals surface area contributed by atoms with Crippen molar-refractivity contribution in [3.05, 3.63) is 23.3 Å². The van der Waals surface area contributed by atoms with Crippen LogP contribution in [0, 0.1) is 17.3 Å². The monoisotopic (exact) mass is 320 g/mol. The van der Waals surface area contributed by atoms with Gasteiger partial charge in [0.15, 0.2) is 0 Å². The molecule has 2 heteroatoms. The third-order valence-corrected chi connectivity index (χ3v) is 8.11. The van der Waals surface area contributed by atoms with Gasteiger partial charge in [-0.05, 0) is 69.3 Å². The largest absolute Gasteiger partial charge is 0.373 e. The highest BCUT2D eigenvalue weighted by Gasteiger charge is 2.51. The first-order valence-electron chi connectivity index (χ1n) is 8.91. The van der Waals surface area contributed by atoms with E-state index in [0.717, 1.165) is 30.3 Å². The average molecular weight is 321 g/mol. The summed E-state index contributed by atoms with van der Waals surface area (Å²) in [4.78, 5) is 0. The fourth-order valence-electron chi connectivity index (χ4n) is 4.22. The number of ether oxygens (including phenoxy) is 1. The van der Waals surface area contributed by atoms with Crippen LogP contribution in [0.5, 0.6) is 0 Å². The Kier molecular flexibility index (Phi) is 4.55. The first-order chi connectivity index (χ1) is 10.3. The zero-order valence-corrected chi connectivity index (χ0v) is 15.8. The molecule has 0 aromatic heterocycles. The van der Waals surface area contributed by atoms with E-state index < -0.39 is 0 Å². The van der Waals surface area contributed by atoms with Crippen molar-refractivity contribution in [2.24, 2.45) is 17.3 Å². The Labute approximate surface area is 141 Å². The second-order valence-electron chi connectivity index (χ2n) is 8.64. The average Bonchev–Trinajstić information content (AvgIpc) is 3.08. The van der Waals surface area contributed by atoms with Gasteiger partial charge in [0.25, 0.3) is 0 Å². The molecular formula is C20H32OS. The second-order valence-corrected chi connectivity index (χ2v) is 10.5. The van der Waals surface area contributed by atoms with E-state index in [2.05, 4.69) is 58.5 Å². The SMILES string of the molecule is C/C(=C\COCC1=CC[C@@H]2C[C@H]1C2(C)C)CCC1SC1(C)C. The molecule has 0 aromatic rings. The van der Waals surface area contributed by atoms with Crippen molar-refractivity contribution in [2.75, 3.05) is 13.2 Å². The molecule has 0 spiro atoms. The van der Waals surface area contributed by atoms with Gasteiger partial charge in [0.1, 0.15) is 0 Å². The van der Waals surface area contributed by atoms with Crippen LogP contribution in [-0.2, 0) is 4.74 Å². The minimum Gasteiger partial charge on any atom is -0.373 e. The minimum absolute atomic E-state index is 0.522. The summed E-state index contributed by atoms with van der Waals surface area (Å²) in [7, 11) is 0. The molecular weight excluding hydrogens is 288 g/mol. The number of thioether (sulfide) groups is 1. The van der Waals surface area contributed by atoms with Crippen molar-refractivity contribution in [3.63, 3.8) is 0 Å². The summed E-state index contributed by atoms with van der Waals surface area (Å²) in [6.45, 7) is 13.4. The molecule has 1 aliphatic heterocycles. The number of hydrogen-bond acceptors (Lipinski definition) is 2. The van der Waals surface area contributed by atoms with Crippen LogP contribution in [0.2, 0.25) is 0 Å². The minimum atomic E-state index is 0.522. The van der Waals surface area contributed by atoms with E-state index >= 15 is 0 Å². The third-order valence-electron chi connectivity index (χ3n) is 6.37. The van der Waals surface area contributed by atoms with Crippen molar-refractivity contribution in [1.29, 1.82) is 0 Å². The lowest BCUT2D eigenvalue weighted by Gasteiger charge is -2.56. The number of fused-ring (bicyclic) bond motifs is 1. The summed E-state index contributed by atoms with van der Waals surface area (Å²) >= 11 is 2.12. The molecule has 2 fully saturated rings. The molecule has 1 nitrogen and oxygen atoms in total. The molecule has 1 unspecified atom stereocenters. The molecule has 3 atom stereocenters. The molecule has 0 amide bonds. The van der Waals surface area contributed by atoms with Gasteiger partial charge in [-0.15, -0.1) is 11.8 Å². The van der Waals surface area contributed by atoms with E-state index in [1.54, 1.807) is 5.57 Å². The Bertz CT molecular complexity index is 486. The molecule has 4 aliphatic rings. The zero-order valence-electron chi connectivity index (χ0n) is 14.9. The lowest BCUT2D eigenvalue weighted by atomic mass is 9.49. The summed E-state index contributed by atoms with van der Waals surface area (Å²) in [6, 6.07) is 0. The van der Waals surface area contributed by atoms with Crippen molar-refractivity contribution in [3.8, 4) is 0 Å². The highest BCUT2D eigenvalue weighted by atomic mass is 32.2. The molecule has 0 aromatic carbocycles. The fourth-order valence-corrected chi connectivity index (χ4v) is 5.24. The Balaban J connectivity index is 1.35. The summed E-state index contributed by atoms with van der Waals surface area (Å²) in [5, 5.41) is 0.873. The Morgan fingerprint density at radius 2 is 2.09 bits per heavy atom. The second kappa shape index (κ2) is 6.02. The highest BCUT2D eigenvalue weighted by molar-refractivity contribution is 8.08. The summed E-state index contributed by atoms with van der Waals surface area (Å²) in [5.74, 6) is 1.71. The van der Waals surface area contributed by atoms with Gasteiger partial charge in [-0.3, -0.25) is 0 Å². The number of allylic oxidation sites excluding steroid dienone is 2. The first kappa shape index (κ1) is 16.6. The standard InChI is InChI=1S/C20H32OS/c1-14(6-9-18-20(4,5)22-18)10-11-21-13-15-7-8-16-12-17(15)19(16,2)3/h7,10,16-18H,6,8-9,11-13H2,1-5H3/b14-10+/t16-,17-,18?/m1/s1. The molecule has 0 N–H and O–H groups in total. The van der Waals surface area contributed by atoms with Gasteiger partial charge in [-0.25, -0.2) is 0 Å².